The number of likely N-dealkylation sites (tertiary alicyclic amines) is 1. The second kappa shape index (κ2) is 4.63. The molecule has 1 aliphatic heterocycles. The van der Waals surface area contributed by atoms with Crippen molar-refractivity contribution in [3.63, 3.8) is 0 Å². The van der Waals surface area contributed by atoms with Crippen LogP contribution in [0.15, 0.2) is 34.1 Å². The Morgan fingerprint density at radius 2 is 2.28 bits per heavy atom. The minimum Gasteiger partial charge on any atom is -0.496 e. The van der Waals surface area contributed by atoms with Gasteiger partial charge in [-0.1, -0.05) is 12.2 Å². The summed E-state index contributed by atoms with van der Waals surface area (Å²) in [5.74, 6) is 1.74. The molecule has 96 valence electrons. The molecule has 0 radical (unpaired) electrons. The molecule has 0 N–H and O–H groups in total. The van der Waals surface area contributed by atoms with Crippen molar-refractivity contribution in [2.45, 2.75) is 19.3 Å². The number of nitrogens with zero attached hydrogens (tertiary/aromatic N) is 1. The molecular weight excluding hydrogens is 242 g/mol. The third-order valence-electron chi connectivity index (χ3n) is 4.38. The number of hydrogen-bond donors (Lipinski definition) is 0. The van der Waals surface area contributed by atoms with Crippen LogP contribution in [-0.2, 0) is 4.74 Å². The van der Waals surface area contributed by atoms with Crippen LogP contribution in [0.4, 0.5) is 0 Å². The molecule has 2 nitrogen and oxygen atoms in total. The summed E-state index contributed by atoms with van der Waals surface area (Å²) in [6.45, 7) is 2.35. The van der Waals surface area contributed by atoms with Crippen LogP contribution in [0.3, 0.4) is 0 Å². The van der Waals surface area contributed by atoms with Gasteiger partial charge in [0, 0.05) is 24.0 Å². The Labute approximate surface area is 114 Å². The summed E-state index contributed by atoms with van der Waals surface area (Å²) >= 11 is 5.19. The molecule has 3 rings (SSSR count). The zero-order valence-electron chi connectivity index (χ0n) is 11.0. The SMILES string of the molecule is COC1=CCC2=C3CN(C)CC3CCC2=C1C=S. The van der Waals surface area contributed by atoms with Gasteiger partial charge in [-0.2, -0.15) is 0 Å². The van der Waals surface area contributed by atoms with Gasteiger partial charge in [0.2, 0.25) is 0 Å². The summed E-state index contributed by atoms with van der Waals surface area (Å²) in [4.78, 5) is 2.43. The van der Waals surface area contributed by atoms with Gasteiger partial charge in [-0.15, -0.1) is 0 Å². The van der Waals surface area contributed by atoms with Crippen LogP contribution in [0.25, 0.3) is 0 Å². The summed E-state index contributed by atoms with van der Waals surface area (Å²) < 4.78 is 5.45. The Kier molecular flexibility index (Phi) is 3.12. The summed E-state index contributed by atoms with van der Waals surface area (Å²) in [6.07, 6.45) is 5.62. The summed E-state index contributed by atoms with van der Waals surface area (Å²) in [6, 6.07) is 0. The van der Waals surface area contributed by atoms with Crippen molar-refractivity contribution in [3.8, 4) is 0 Å². The predicted molar refractivity (Wildman–Crippen MR) is 77.6 cm³/mol. The number of fused-ring (bicyclic) bond motifs is 2. The maximum atomic E-state index is 5.45. The number of thiocarbonyl (C=S) groups is 1. The van der Waals surface area contributed by atoms with Crippen LogP contribution in [-0.4, -0.2) is 37.5 Å². The molecule has 0 amide bonds. The highest BCUT2D eigenvalue weighted by Gasteiger charge is 2.34. The molecule has 1 fully saturated rings. The van der Waals surface area contributed by atoms with E-state index in [9.17, 15) is 0 Å². The first kappa shape index (κ1) is 12.1. The van der Waals surface area contributed by atoms with E-state index in [1.807, 2.05) is 0 Å². The third kappa shape index (κ3) is 1.77. The zero-order chi connectivity index (χ0) is 12.7. The number of likely N-dealkylation sites (N-methyl/N-ethyl adjacent to an activating group) is 1. The van der Waals surface area contributed by atoms with Crippen LogP contribution in [0.5, 0.6) is 0 Å². The highest BCUT2D eigenvalue weighted by atomic mass is 32.1. The molecule has 1 unspecified atom stereocenters. The summed E-state index contributed by atoms with van der Waals surface area (Å²) in [5, 5.41) is 1.80. The maximum absolute atomic E-state index is 5.45. The number of ether oxygens (including phenoxy) is 1. The Balaban J connectivity index is 2.08. The highest BCUT2D eigenvalue weighted by molar-refractivity contribution is 7.79. The van der Waals surface area contributed by atoms with Gasteiger partial charge in [0.1, 0.15) is 5.76 Å². The molecule has 0 aromatic carbocycles. The van der Waals surface area contributed by atoms with Crippen LogP contribution in [0.1, 0.15) is 19.3 Å². The molecule has 0 spiro atoms. The molecule has 0 bridgehead atoms. The van der Waals surface area contributed by atoms with Gasteiger partial charge in [0.05, 0.1) is 7.11 Å². The van der Waals surface area contributed by atoms with Gasteiger partial charge in [0.15, 0.2) is 0 Å². The van der Waals surface area contributed by atoms with E-state index in [2.05, 4.69) is 18.0 Å². The van der Waals surface area contributed by atoms with E-state index in [0.717, 1.165) is 36.6 Å². The van der Waals surface area contributed by atoms with Crippen LogP contribution in [0.2, 0.25) is 0 Å². The van der Waals surface area contributed by atoms with Gasteiger partial charge >= 0.3 is 0 Å². The predicted octanol–water partition coefficient (Wildman–Crippen LogP) is 2.87. The van der Waals surface area contributed by atoms with Gasteiger partial charge in [-0.05, 0) is 55.0 Å². The normalized spacial score (nSPS) is 27.9. The topological polar surface area (TPSA) is 12.5 Å². The lowest BCUT2D eigenvalue weighted by atomic mass is 9.76. The molecule has 0 aromatic rings. The molecule has 3 aliphatic rings. The Hall–Kier alpha value is -0.930. The van der Waals surface area contributed by atoms with E-state index in [-0.39, 0.29) is 0 Å². The largest absolute Gasteiger partial charge is 0.496 e. The van der Waals surface area contributed by atoms with Crippen molar-refractivity contribution in [3.05, 3.63) is 34.1 Å². The van der Waals surface area contributed by atoms with Crippen molar-refractivity contribution in [1.29, 1.82) is 0 Å². The van der Waals surface area contributed by atoms with E-state index in [0.29, 0.717) is 0 Å². The molecule has 3 heteroatoms. The average Bonchev–Trinajstić information content (AvgIpc) is 2.77. The van der Waals surface area contributed by atoms with E-state index in [1.54, 1.807) is 23.6 Å². The van der Waals surface area contributed by atoms with E-state index in [4.69, 9.17) is 17.0 Å². The van der Waals surface area contributed by atoms with Crippen LogP contribution >= 0.6 is 12.2 Å². The van der Waals surface area contributed by atoms with Crippen molar-refractivity contribution in [2.24, 2.45) is 5.92 Å². The fourth-order valence-corrected chi connectivity index (χ4v) is 3.83. The third-order valence-corrected chi connectivity index (χ3v) is 4.62. The Morgan fingerprint density at radius 1 is 1.44 bits per heavy atom. The standard InChI is InChI=1S/C15H19NOS/c1-16-7-10-3-4-12-11(13(10)8-16)5-6-15(17-2)14(12)9-18/h6,9-10H,3-5,7-8H2,1-2H3. The van der Waals surface area contributed by atoms with Gasteiger partial charge in [0.25, 0.3) is 0 Å². The second-order valence-corrected chi connectivity index (χ2v) is 5.66. The average molecular weight is 261 g/mol. The van der Waals surface area contributed by atoms with Gasteiger partial charge in [-0.25, -0.2) is 0 Å². The molecule has 0 aromatic heterocycles. The monoisotopic (exact) mass is 261 g/mol. The first-order valence-electron chi connectivity index (χ1n) is 6.58. The van der Waals surface area contributed by atoms with E-state index in [1.165, 1.54) is 18.5 Å². The lowest BCUT2D eigenvalue weighted by Crippen LogP contribution is -2.17. The molecule has 2 aliphatic carbocycles. The van der Waals surface area contributed by atoms with Crippen LogP contribution < -0.4 is 0 Å². The highest BCUT2D eigenvalue weighted by Crippen LogP contribution is 2.43. The molecule has 18 heavy (non-hydrogen) atoms. The minimum absolute atomic E-state index is 0.776. The van der Waals surface area contributed by atoms with Gasteiger partial charge < -0.3 is 9.64 Å². The van der Waals surface area contributed by atoms with E-state index < -0.39 is 0 Å². The fraction of sp³-hybridized carbons (Fsp3) is 0.533. The quantitative estimate of drug-likeness (QED) is 0.709. The number of rotatable bonds is 2. The lowest BCUT2D eigenvalue weighted by molar-refractivity contribution is 0.300. The van der Waals surface area contributed by atoms with Crippen molar-refractivity contribution in [2.75, 3.05) is 27.2 Å². The fourth-order valence-electron chi connectivity index (χ4n) is 3.57. The van der Waals surface area contributed by atoms with E-state index >= 15 is 0 Å². The first-order chi connectivity index (χ1) is 8.74. The number of methoxy groups -OCH3 is 1. The van der Waals surface area contributed by atoms with Gasteiger partial charge in [-0.3, -0.25) is 0 Å². The summed E-state index contributed by atoms with van der Waals surface area (Å²) in [7, 11) is 3.95. The molecule has 1 atom stereocenters. The van der Waals surface area contributed by atoms with Crippen molar-refractivity contribution >= 4 is 17.6 Å². The smallest absolute Gasteiger partial charge is 0.123 e. The Morgan fingerprint density at radius 3 is 3.00 bits per heavy atom. The molecular formula is C15H19NOS. The van der Waals surface area contributed by atoms with Crippen molar-refractivity contribution < 1.29 is 4.74 Å². The number of hydrogen-bond acceptors (Lipinski definition) is 3. The number of allylic oxidation sites excluding steroid dienone is 4. The maximum Gasteiger partial charge on any atom is 0.123 e. The second-order valence-electron chi connectivity index (χ2n) is 5.42. The van der Waals surface area contributed by atoms with Crippen molar-refractivity contribution in [1.82, 2.24) is 4.90 Å². The molecule has 1 saturated heterocycles. The first-order valence-corrected chi connectivity index (χ1v) is 7.05. The summed E-state index contributed by atoms with van der Waals surface area (Å²) in [5.41, 5.74) is 5.80. The zero-order valence-corrected chi connectivity index (χ0v) is 11.8. The molecule has 1 heterocycles. The minimum atomic E-state index is 0.776. The molecule has 0 saturated carbocycles. The van der Waals surface area contributed by atoms with Crippen LogP contribution in [0, 0.1) is 5.92 Å². The Bertz CT molecular complexity index is 487. The lowest BCUT2D eigenvalue weighted by Gasteiger charge is -2.29.